The third kappa shape index (κ3) is 4.55. The molecule has 1 N–H and O–H groups in total. The molecule has 0 atom stereocenters. The molecule has 3 nitrogen and oxygen atoms in total. The first-order valence-electron chi connectivity index (χ1n) is 7.90. The molecule has 1 aromatic rings. The number of carbonyl (C=O) groups excluding carboxylic acids is 1. The van der Waals surface area contributed by atoms with E-state index >= 15 is 0 Å². The normalized spacial score (nSPS) is 20.9. The van der Waals surface area contributed by atoms with Crippen molar-refractivity contribution in [3.8, 4) is 0 Å². The Labute approximate surface area is 136 Å². The van der Waals surface area contributed by atoms with Gasteiger partial charge in [-0.1, -0.05) is 28.1 Å². The van der Waals surface area contributed by atoms with Gasteiger partial charge in [-0.25, -0.2) is 0 Å². The Morgan fingerprint density at radius 3 is 2.43 bits per heavy atom. The predicted molar refractivity (Wildman–Crippen MR) is 90.5 cm³/mol. The second-order valence-corrected chi connectivity index (χ2v) is 6.60. The molecule has 21 heavy (non-hydrogen) atoms. The average Bonchev–Trinajstić information content (AvgIpc) is 2.44. The van der Waals surface area contributed by atoms with E-state index in [0.29, 0.717) is 18.4 Å². The van der Waals surface area contributed by atoms with Crippen LogP contribution >= 0.6 is 15.9 Å². The van der Waals surface area contributed by atoms with Crippen LogP contribution in [0.5, 0.6) is 0 Å². The summed E-state index contributed by atoms with van der Waals surface area (Å²) in [7, 11) is 0. The minimum atomic E-state index is 0.260. The van der Waals surface area contributed by atoms with Crippen molar-refractivity contribution in [3.05, 3.63) is 34.3 Å². The van der Waals surface area contributed by atoms with Crippen LogP contribution in [0, 0.1) is 0 Å². The number of amides is 1. The number of halogens is 1. The summed E-state index contributed by atoms with van der Waals surface area (Å²) in [5.41, 5.74) is 1.43. The summed E-state index contributed by atoms with van der Waals surface area (Å²) in [6.07, 6.45) is 2.98. The summed E-state index contributed by atoms with van der Waals surface area (Å²) >= 11 is 3.47. The lowest BCUT2D eigenvalue weighted by molar-refractivity contribution is -0.130. The minimum Gasteiger partial charge on any atom is -0.343 e. The van der Waals surface area contributed by atoms with Crippen molar-refractivity contribution >= 4 is 21.8 Å². The van der Waals surface area contributed by atoms with Gasteiger partial charge < -0.3 is 10.2 Å². The monoisotopic (exact) mass is 352 g/mol. The molecule has 0 aliphatic heterocycles. The first kappa shape index (κ1) is 16.5. The van der Waals surface area contributed by atoms with Gasteiger partial charge in [0.25, 0.3) is 0 Å². The largest absolute Gasteiger partial charge is 0.343 e. The molecule has 1 amide bonds. The van der Waals surface area contributed by atoms with Gasteiger partial charge >= 0.3 is 0 Å². The molecule has 0 spiro atoms. The van der Waals surface area contributed by atoms with E-state index in [-0.39, 0.29) is 5.91 Å². The maximum atomic E-state index is 11.9. The minimum absolute atomic E-state index is 0.260. The van der Waals surface area contributed by atoms with Crippen molar-refractivity contribution in [2.45, 2.75) is 45.1 Å². The second kappa shape index (κ2) is 7.95. The molecule has 0 unspecified atom stereocenters. The maximum absolute atomic E-state index is 11.9. The first-order chi connectivity index (χ1) is 10.1. The number of hydrogen-bond donors (Lipinski definition) is 1. The Hall–Kier alpha value is -0.870. The molecule has 1 aliphatic rings. The first-order valence-corrected chi connectivity index (χ1v) is 8.70. The highest BCUT2D eigenvalue weighted by Crippen LogP contribution is 2.37. The molecule has 2 rings (SSSR count). The lowest BCUT2D eigenvalue weighted by Gasteiger charge is -2.36. The molecular weight excluding hydrogens is 328 g/mol. The summed E-state index contributed by atoms with van der Waals surface area (Å²) in [4.78, 5) is 13.8. The molecule has 116 valence electrons. The van der Waals surface area contributed by atoms with E-state index in [1.165, 1.54) is 18.4 Å². The number of benzene rings is 1. The van der Waals surface area contributed by atoms with Gasteiger partial charge in [-0.2, -0.15) is 0 Å². The molecule has 1 fully saturated rings. The van der Waals surface area contributed by atoms with Crippen LogP contribution in [0.15, 0.2) is 28.7 Å². The third-order valence-electron chi connectivity index (χ3n) is 4.37. The van der Waals surface area contributed by atoms with Crippen molar-refractivity contribution in [2.24, 2.45) is 0 Å². The maximum Gasteiger partial charge on any atom is 0.223 e. The molecule has 4 heteroatoms. The highest BCUT2D eigenvalue weighted by atomic mass is 79.9. The van der Waals surface area contributed by atoms with E-state index < -0.39 is 0 Å². The van der Waals surface area contributed by atoms with Crippen LogP contribution in [-0.4, -0.2) is 36.5 Å². The molecule has 0 bridgehead atoms. The van der Waals surface area contributed by atoms with E-state index in [0.717, 1.165) is 24.1 Å². The highest BCUT2D eigenvalue weighted by Gasteiger charge is 2.29. The quantitative estimate of drug-likeness (QED) is 0.813. The molecule has 0 aromatic heterocycles. The van der Waals surface area contributed by atoms with Crippen LogP contribution in [0.2, 0.25) is 0 Å². The average molecular weight is 353 g/mol. The van der Waals surface area contributed by atoms with Crippen molar-refractivity contribution < 1.29 is 4.79 Å². The summed E-state index contributed by atoms with van der Waals surface area (Å²) < 4.78 is 1.13. The van der Waals surface area contributed by atoms with Crippen molar-refractivity contribution in [2.75, 3.05) is 19.6 Å². The van der Waals surface area contributed by atoms with Gasteiger partial charge in [0, 0.05) is 36.6 Å². The van der Waals surface area contributed by atoms with Gasteiger partial charge in [0.1, 0.15) is 0 Å². The van der Waals surface area contributed by atoms with Gasteiger partial charge in [0.2, 0.25) is 5.91 Å². The van der Waals surface area contributed by atoms with Crippen LogP contribution in [0.3, 0.4) is 0 Å². The van der Waals surface area contributed by atoms with Gasteiger partial charge in [-0.05, 0) is 50.3 Å². The summed E-state index contributed by atoms with van der Waals surface area (Å²) in [5, 5.41) is 3.51. The summed E-state index contributed by atoms with van der Waals surface area (Å²) in [6, 6.07) is 9.20. The number of nitrogens with one attached hydrogen (secondary N) is 1. The molecule has 0 saturated heterocycles. The lowest BCUT2D eigenvalue weighted by atomic mass is 9.76. The Morgan fingerprint density at radius 1 is 1.24 bits per heavy atom. The van der Waals surface area contributed by atoms with Crippen LogP contribution in [-0.2, 0) is 4.79 Å². The molecule has 0 heterocycles. The van der Waals surface area contributed by atoms with E-state index in [9.17, 15) is 4.79 Å². The van der Waals surface area contributed by atoms with Crippen LogP contribution in [0.25, 0.3) is 0 Å². The zero-order chi connectivity index (χ0) is 15.2. The Balaban J connectivity index is 1.65. The fourth-order valence-electron chi connectivity index (χ4n) is 2.91. The Kier molecular flexibility index (Phi) is 6.24. The van der Waals surface area contributed by atoms with E-state index in [1.807, 2.05) is 18.7 Å². The molecule has 1 aromatic carbocycles. The highest BCUT2D eigenvalue weighted by molar-refractivity contribution is 9.10. The van der Waals surface area contributed by atoms with E-state index in [2.05, 4.69) is 45.5 Å². The molecule has 1 aliphatic carbocycles. The van der Waals surface area contributed by atoms with Crippen LogP contribution in [0.1, 0.15) is 44.6 Å². The fraction of sp³-hybridized carbons (Fsp3) is 0.588. The topological polar surface area (TPSA) is 32.3 Å². The number of rotatable bonds is 7. The van der Waals surface area contributed by atoms with Crippen molar-refractivity contribution in [3.63, 3.8) is 0 Å². The fourth-order valence-corrected chi connectivity index (χ4v) is 3.17. The smallest absolute Gasteiger partial charge is 0.223 e. The van der Waals surface area contributed by atoms with Gasteiger partial charge in [0.05, 0.1) is 0 Å². The number of carbonyl (C=O) groups is 1. The SMILES string of the molecule is CCN(CC)C(=O)CCNC1CC(c2ccc(Br)cc2)C1. The number of nitrogens with zero attached hydrogens (tertiary/aromatic N) is 1. The van der Waals surface area contributed by atoms with Gasteiger partial charge in [-0.15, -0.1) is 0 Å². The van der Waals surface area contributed by atoms with Crippen LogP contribution in [0.4, 0.5) is 0 Å². The zero-order valence-electron chi connectivity index (χ0n) is 12.9. The second-order valence-electron chi connectivity index (χ2n) is 5.69. The Morgan fingerprint density at radius 2 is 1.86 bits per heavy atom. The molecule has 1 saturated carbocycles. The van der Waals surface area contributed by atoms with Crippen LogP contribution < -0.4 is 5.32 Å². The predicted octanol–water partition coefficient (Wildman–Crippen LogP) is 3.54. The van der Waals surface area contributed by atoms with E-state index in [4.69, 9.17) is 0 Å². The Bertz CT molecular complexity index is 450. The summed E-state index contributed by atoms with van der Waals surface area (Å²) in [5.74, 6) is 0.936. The van der Waals surface area contributed by atoms with Crippen molar-refractivity contribution in [1.82, 2.24) is 10.2 Å². The van der Waals surface area contributed by atoms with Crippen molar-refractivity contribution in [1.29, 1.82) is 0 Å². The standard InChI is InChI=1S/C17H25BrN2O/c1-3-20(4-2)17(21)9-10-19-16-11-14(12-16)13-5-7-15(18)8-6-13/h5-8,14,16,19H,3-4,9-12H2,1-2H3. The molecule has 0 radical (unpaired) electrons. The van der Waals surface area contributed by atoms with E-state index in [1.54, 1.807) is 0 Å². The lowest BCUT2D eigenvalue weighted by Crippen LogP contribution is -2.42. The third-order valence-corrected chi connectivity index (χ3v) is 4.90. The molecular formula is C17H25BrN2O. The number of hydrogen-bond acceptors (Lipinski definition) is 2. The van der Waals surface area contributed by atoms with Gasteiger partial charge in [0.15, 0.2) is 0 Å². The van der Waals surface area contributed by atoms with Gasteiger partial charge in [-0.3, -0.25) is 4.79 Å². The summed E-state index contributed by atoms with van der Waals surface area (Å²) in [6.45, 7) is 6.48. The zero-order valence-corrected chi connectivity index (χ0v) is 14.5.